The van der Waals surface area contributed by atoms with Gasteiger partial charge in [0.2, 0.25) is 0 Å². The van der Waals surface area contributed by atoms with E-state index < -0.39 is 80.7 Å². The molecule has 0 radical (unpaired) electrons. The second kappa shape index (κ2) is 54.6. The van der Waals surface area contributed by atoms with Gasteiger partial charge in [-0.3, -0.25) is 4.79 Å². The molecule has 2 rings (SSSR count). The SMILES string of the molecule is CCCCCCC/C=C\C/C=C\C/C=C\CCCCCCCCCCCOCC(COC1OC(COC2OC(CO)C(O)C(O)C2O)C(O)C(O)C1O)OC(=O)CCCCCCCCCCCCCCCCCCCCCCCCCC. The lowest BCUT2D eigenvalue weighted by molar-refractivity contribution is -0.332. The lowest BCUT2D eigenvalue weighted by atomic mass is 9.98. The summed E-state index contributed by atoms with van der Waals surface area (Å²) in [5.74, 6) is -0.371. The van der Waals surface area contributed by atoms with Crippen LogP contribution in [0.4, 0.5) is 0 Å². The van der Waals surface area contributed by atoms with Crippen LogP contribution < -0.4 is 0 Å². The summed E-state index contributed by atoms with van der Waals surface area (Å²) in [6.07, 6.45) is 50.7. The van der Waals surface area contributed by atoms with E-state index in [4.69, 9.17) is 28.4 Å². The highest BCUT2D eigenvalue weighted by Gasteiger charge is 2.47. The van der Waals surface area contributed by atoms with E-state index >= 15 is 0 Å². The molecule has 0 amide bonds. The molecule has 2 heterocycles. The third-order valence-corrected chi connectivity index (χ3v) is 16.4. The van der Waals surface area contributed by atoms with E-state index in [1.54, 1.807) is 0 Å². The summed E-state index contributed by atoms with van der Waals surface area (Å²) in [4.78, 5) is 13.1. The fourth-order valence-electron chi connectivity index (χ4n) is 10.9. The number of carbonyl (C=O) groups excluding carboxylic acids is 1. The van der Waals surface area contributed by atoms with Crippen molar-refractivity contribution in [3.8, 4) is 0 Å². The second-order valence-corrected chi connectivity index (χ2v) is 24.0. The number of allylic oxidation sites excluding steroid dienone is 6. The number of aliphatic hydroxyl groups is 7. The minimum atomic E-state index is -1.71. The van der Waals surface area contributed by atoms with Crippen molar-refractivity contribution in [2.45, 2.75) is 357 Å². The first-order valence-electron chi connectivity index (χ1n) is 34.1. The standard InChI is InChI=1S/C68H126O14/c1-3-5-7-9-11-13-15-17-19-21-23-25-27-29-31-33-35-37-39-41-43-45-47-49-51-60(70)80-57(55-78-67-66(76)64(74)62(72)59(82-67)56-79-68-65(75)63(73)61(71)58(53-69)81-68)54-77-52-50-48-46-44-42-40-38-36-34-32-30-28-26-24-22-20-18-16-14-12-10-8-6-4-2/h16,18,22,24,28,30,57-59,61-69,71-76H,3-15,17,19-21,23,25-27,29,31-56H2,1-2H3/b18-16-,24-22-,30-28-. The monoisotopic (exact) mass is 1170 g/mol. The highest BCUT2D eigenvalue weighted by atomic mass is 16.7. The molecule has 2 aliphatic rings. The van der Waals surface area contributed by atoms with Crippen LogP contribution in [0.25, 0.3) is 0 Å². The molecule has 0 aromatic heterocycles. The molecular formula is C68H126O14. The molecule has 0 spiro atoms. The van der Waals surface area contributed by atoms with Gasteiger partial charge in [0, 0.05) is 13.0 Å². The van der Waals surface area contributed by atoms with E-state index in [1.165, 1.54) is 205 Å². The summed E-state index contributed by atoms with van der Waals surface area (Å²) in [7, 11) is 0. The minimum Gasteiger partial charge on any atom is -0.457 e. The molecule has 11 unspecified atom stereocenters. The van der Waals surface area contributed by atoms with E-state index in [9.17, 15) is 40.5 Å². The van der Waals surface area contributed by atoms with Crippen LogP contribution in [0.5, 0.6) is 0 Å². The van der Waals surface area contributed by atoms with Crippen LogP contribution in [-0.4, -0.2) is 142 Å². The van der Waals surface area contributed by atoms with E-state index in [-0.39, 0.29) is 25.6 Å². The van der Waals surface area contributed by atoms with Gasteiger partial charge in [0.25, 0.3) is 0 Å². The van der Waals surface area contributed by atoms with Crippen LogP contribution in [0.15, 0.2) is 36.5 Å². The summed E-state index contributed by atoms with van der Waals surface area (Å²) in [5.41, 5.74) is 0. The molecule has 482 valence electrons. The zero-order valence-electron chi connectivity index (χ0n) is 52.2. The highest BCUT2D eigenvalue weighted by molar-refractivity contribution is 5.69. The molecule has 0 aromatic carbocycles. The Kier molecular flexibility index (Phi) is 50.8. The summed E-state index contributed by atoms with van der Waals surface area (Å²) >= 11 is 0. The van der Waals surface area contributed by atoms with Gasteiger partial charge in [-0.1, -0.05) is 269 Å². The molecule has 0 saturated carbocycles. The van der Waals surface area contributed by atoms with E-state index in [2.05, 4.69) is 50.3 Å². The van der Waals surface area contributed by atoms with Crippen LogP contribution in [0.2, 0.25) is 0 Å². The molecule has 0 aliphatic carbocycles. The van der Waals surface area contributed by atoms with Gasteiger partial charge in [-0.15, -0.1) is 0 Å². The van der Waals surface area contributed by atoms with Crippen LogP contribution >= 0.6 is 0 Å². The van der Waals surface area contributed by atoms with Gasteiger partial charge in [0.1, 0.15) is 54.9 Å². The Morgan fingerprint density at radius 1 is 0.402 bits per heavy atom. The van der Waals surface area contributed by atoms with Crippen LogP contribution in [0.3, 0.4) is 0 Å². The van der Waals surface area contributed by atoms with Gasteiger partial charge in [0.05, 0.1) is 26.4 Å². The molecular weight excluding hydrogens is 1040 g/mol. The van der Waals surface area contributed by atoms with Crippen molar-refractivity contribution >= 4 is 5.97 Å². The molecule has 2 fully saturated rings. The maximum atomic E-state index is 13.1. The Morgan fingerprint density at radius 3 is 1.18 bits per heavy atom. The smallest absolute Gasteiger partial charge is 0.306 e. The largest absolute Gasteiger partial charge is 0.457 e. The van der Waals surface area contributed by atoms with Crippen molar-refractivity contribution < 1.29 is 69.0 Å². The number of aliphatic hydroxyl groups excluding tert-OH is 7. The summed E-state index contributed by atoms with van der Waals surface area (Å²) in [5, 5.41) is 72.6. The molecule has 14 heteroatoms. The molecule has 0 aromatic rings. The second-order valence-electron chi connectivity index (χ2n) is 24.0. The third kappa shape index (κ3) is 39.8. The number of esters is 1. The Morgan fingerprint density at radius 2 is 0.756 bits per heavy atom. The van der Waals surface area contributed by atoms with E-state index in [0.29, 0.717) is 13.0 Å². The first-order chi connectivity index (χ1) is 40.1. The van der Waals surface area contributed by atoms with Crippen molar-refractivity contribution in [2.75, 3.05) is 33.0 Å². The minimum absolute atomic E-state index is 0.0612. The van der Waals surface area contributed by atoms with Crippen LogP contribution in [0, 0.1) is 0 Å². The molecule has 82 heavy (non-hydrogen) atoms. The summed E-state index contributed by atoms with van der Waals surface area (Å²) < 4.78 is 34.5. The first-order valence-corrected chi connectivity index (χ1v) is 34.1. The zero-order chi connectivity index (χ0) is 59.4. The van der Waals surface area contributed by atoms with Crippen LogP contribution in [-0.2, 0) is 33.2 Å². The van der Waals surface area contributed by atoms with E-state index in [1.807, 2.05) is 0 Å². The van der Waals surface area contributed by atoms with Crippen molar-refractivity contribution in [2.24, 2.45) is 0 Å². The number of hydrogen-bond donors (Lipinski definition) is 7. The number of hydrogen-bond acceptors (Lipinski definition) is 14. The lowest BCUT2D eigenvalue weighted by Crippen LogP contribution is -2.61. The molecule has 14 nitrogen and oxygen atoms in total. The third-order valence-electron chi connectivity index (χ3n) is 16.4. The maximum absolute atomic E-state index is 13.1. The fraction of sp³-hybridized carbons (Fsp3) is 0.897. The zero-order valence-corrected chi connectivity index (χ0v) is 52.2. The van der Waals surface area contributed by atoms with Gasteiger partial charge < -0.3 is 64.2 Å². The topological polar surface area (TPSA) is 214 Å². The van der Waals surface area contributed by atoms with Crippen molar-refractivity contribution in [3.05, 3.63) is 36.5 Å². The number of carbonyl (C=O) groups is 1. The normalized spacial score (nSPS) is 23.7. The summed E-state index contributed by atoms with van der Waals surface area (Å²) in [6, 6.07) is 0. The van der Waals surface area contributed by atoms with Crippen molar-refractivity contribution in [3.63, 3.8) is 0 Å². The van der Waals surface area contributed by atoms with E-state index in [0.717, 1.165) is 57.8 Å². The molecule has 2 saturated heterocycles. The van der Waals surface area contributed by atoms with Gasteiger partial charge in [0.15, 0.2) is 12.6 Å². The predicted octanol–water partition coefficient (Wildman–Crippen LogP) is 14.0. The molecule has 2 aliphatic heterocycles. The number of rotatable bonds is 57. The van der Waals surface area contributed by atoms with Crippen molar-refractivity contribution in [1.82, 2.24) is 0 Å². The van der Waals surface area contributed by atoms with Gasteiger partial charge in [-0.25, -0.2) is 0 Å². The Labute approximate surface area is 500 Å². The van der Waals surface area contributed by atoms with Gasteiger partial charge >= 0.3 is 5.97 Å². The van der Waals surface area contributed by atoms with Crippen LogP contribution in [0.1, 0.15) is 290 Å². The first kappa shape index (κ1) is 76.3. The highest BCUT2D eigenvalue weighted by Crippen LogP contribution is 2.27. The predicted molar refractivity (Wildman–Crippen MR) is 330 cm³/mol. The Bertz CT molecular complexity index is 1500. The maximum Gasteiger partial charge on any atom is 0.306 e. The number of unbranched alkanes of at least 4 members (excludes halogenated alkanes) is 37. The quantitative estimate of drug-likeness (QED) is 0.0171. The fourth-order valence-corrected chi connectivity index (χ4v) is 10.9. The average molecular weight is 1170 g/mol. The van der Waals surface area contributed by atoms with Gasteiger partial charge in [-0.05, 0) is 51.4 Å². The summed E-state index contributed by atoms with van der Waals surface area (Å²) in [6.45, 7) is 3.73. The average Bonchev–Trinajstić information content (AvgIpc) is 3.58. The molecule has 7 N–H and O–H groups in total. The molecule has 11 atom stereocenters. The Balaban J connectivity index is 1.65. The van der Waals surface area contributed by atoms with Gasteiger partial charge in [-0.2, -0.15) is 0 Å². The molecule has 0 bridgehead atoms. The number of ether oxygens (including phenoxy) is 6. The Hall–Kier alpha value is -1.79. The lowest BCUT2D eigenvalue weighted by Gasteiger charge is -2.42. The van der Waals surface area contributed by atoms with Crippen molar-refractivity contribution in [1.29, 1.82) is 0 Å².